The predicted molar refractivity (Wildman–Crippen MR) is 57.8 cm³/mol. The molecule has 8 heteroatoms. The van der Waals surface area contributed by atoms with Gasteiger partial charge in [-0.2, -0.15) is 8.42 Å². The van der Waals surface area contributed by atoms with Gasteiger partial charge >= 0.3 is 10.4 Å². The van der Waals surface area contributed by atoms with Crippen molar-refractivity contribution in [3.63, 3.8) is 0 Å². The van der Waals surface area contributed by atoms with Gasteiger partial charge in [0.25, 0.3) is 0 Å². The maximum Gasteiger partial charge on any atom is 0.394 e. The molecule has 0 aliphatic rings. The van der Waals surface area contributed by atoms with E-state index in [9.17, 15) is 0 Å². The van der Waals surface area contributed by atoms with Crippen molar-refractivity contribution in [3.05, 3.63) is 35.9 Å². The molecule has 0 amide bonds. The van der Waals surface area contributed by atoms with Gasteiger partial charge in [-0.05, 0) is 5.56 Å². The van der Waals surface area contributed by atoms with Crippen LogP contribution in [0.5, 0.6) is 0 Å². The Morgan fingerprint density at radius 2 is 1.50 bits per heavy atom. The third-order valence-electron chi connectivity index (χ3n) is 1.57. The molecule has 0 aliphatic heterocycles. The first-order valence-electron chi connectivity index (χ1n) is 4.11. The number of nitrogens with two attached hydrogens (primary N) is 2. The first-order valence-corrected chi connectivity index (χ1v) is 5.50. The molecule has 0 aliphatic carbocycles. The zero-order valence-corrected chi connectivity index (χ0v) is 9.13. The summed E-state index contributed by atoms with van der Waals surface area (Å²) in [5, 5.41) is 8.80. The van der Waals surface area contributed by atoms with Crippen LogP contribution in [0.1, 0.15) is 5.56 Å². The van der Waals surface area contributed by atoms with Crippen LogP contribution in [0.15, 0.2) is 30.3 Å². The van der Waals surface area contributed by atoms with E-state index in [0.717, 1.165) is 5.56 Å². The lowest BCUT2D eigenvalue weighted by molar-refractivity contribution is 0.201. The highest BCUT2D eigenvalue weighted by atomic mass is 32.3. The van der Waals surface area contributed by atoms with E-state index in [-0.39, 0.29) is 6.61 Å². The third kappa shape index (κ3) is 7.29. The molecule has 1 rings (SSSR count). The van der Waals surface area contributed by atoms with Crippen LogP contribution in [0.3, 0.4) is 0 Å². The molecule has 0 radical (unpaired) electrons. The van der Waals surface area contributed by atoms with Crippen LogP contribution < -0.4 is 11.5 Å². The van der Waals surface area contributed by atoms with Crippen molar-refractivity contribution < 1.29 is 22.6 Å². The Hall–Kier alpha value is -1.03. The van der Waals surface area contributed by atoms with Crippen molar-refractivity contribution in [3.8, 4) is 0 Å². The molecule has 7 N–H and O–H groups in total. The quantitative estimate of drug-likeness (QED) is 0.337. The van der Waals surface area contributed by atoms with E-state index in [1.54, 1.807) is 12.1 Å². The smallest absolute Gasteiger partial charge is 0.393 e. The maximum atomic E-state index is 8.80. The fourth-order valence-electron chi connectivity index (χ4n) is 0.840. The minimum Gasteiger partial charge on any atom is -0.393 e. The number of benzene rings is 1. The zero-order valence-electron chi connectivity index (χ0n) is 8.31. The largest absolute Gasteiger partial charge is 0.394 e. The average Bonchev–Trinajstić information content (AvgIpc) is 2.17. The van der Waals surface area contributed by atoms with Gasteiger partial charge in [0, 0.05) is 0 Å². The van der Waals surface area contributed by atoms with Gasteiger partial charge in [0.15, 0.2) is 0 Å². The van der Waals surface area contributed by atoms with E-state index in [1.807, 2.05) is 18.2 Å². The molecule has 0 bridgehead atoms. The van der Waals surface area contributed by atoms with Crippen molar-refractivity contribution in [2.45, 2.75) is 5.66 Å². The Morgan fingerprint density at radius 1 is 1.12 bits per heavy atom. The number of aliphatic hydroxyl groups excluding tert-OH is 1. The Kier molecular flexibility index (Phi) is 5.51. The highest BCUT2D eigenvalue weighted by Gasteiger charge is 2.19. The van der Waals surface area contributed by atoms with Crippen LogP contribution in [0.25, 0.3) is 0 Å². The molecule has 1 aromatic carbocycles. The van der Waals surface area contributed by atoms with E-state index in [4.69, 9.17) is 34.1 Å². The number of hydrogen-bond acceptors (Lipinski definition) is 5. The van der Waals surface area contributed by atoms with Crippen molar-refractivity contribution in [2.24, 2.45) is 11.5 Å². The first-order chi connectivity index (χ1) is 7.17. The molecule has 0 saturated heterocycles. The van der Waals surface area contributed by atoms with Crippen LogP contribution in [-0.4, -0.2) is 29.2 Å². The first kappa shape index (κ1) is 15.0. The second-order valence-electron chi connectivity index (χ2n) is 3.01. The fourth-order valence-corrected chi connectivity index (χ4v) is 0.840. The van der Waals surface area contributed by atoms with Gasteiger partial charge in [0.05, 0.1) is 6.61 Å². The lowest BCUT2D eigenvalue weighted by Gasteiger charge is -2.21. The van der Waals surface area contributed by atoms with Crippen LogP contribution in [-0.2, 0) is 16.1 Å². The van der Waals surface area contributed by atoms with Gasteiger partial charge in [0.1, 0.15) is 5.66 Å². The minimum atomic E-state index is -4.67. The summed E-state index contributed by atoms with van der Waals surface area (Å²) in [4.78, 5) is 0. The SMILES string of the molecule is NC(N)(CO)c1ccccc1.O=S(=O)(O)O. The molecule has 7 nitrogen and oxygen atoms in total. The Balaban J connectivity index is 0.000000385. The number of aliphatic hydroxyl groups is 1. The van der Waals surface area contributed by atoms with Crippen LogP contribution in [0.4, 0.5) is 0 Å². The molecular formula is C8H14N2O5S. The minimum absolute atomic E-state index is 0.253. The molecule has 0 unspecified atom stereocenters. The van der Waals surface area contributed by atoms with Crippen molar-refractivity contribution >= 4 is 10.4 Å². The van der Waals surface area contributed by atoms with E-state index in [0.29, 0.717) is 0 Å². The van der Waals surface area contributed by atoms with Crippen LogP contribution in [0.2, 0.25) is 0 Å². The summed E-state index contributed by atoms with van der Waals surface area (Å²) in [6.07, 6.45) is 0. The predicted octanol–water partition coefficient (Wildman–Crippen LogP) is -0.904. The Bertz CT molecular complexity index is 396. The van der Waals surface area contributed by atoms with Gasteiger partial charge in [-0.15, -0.1) is 0 Å². The monoisotopic (exact) mass is 250 g/mol. The van der Waals surface area contributed by atoms with Gasteiger partial charge in [0.2, 0.25) is 0 Å². The summed E-state index contributed by atoms with van der Waals surface area (Å²) >= 11 is 0. The van der Waals surface area contributed by atoms with Crippen LogP contribution >= 0.6 is 0 Å². The summed E-state index contributed by atoms with van der Waals surface area (Å²) in [6, 6.07) is 9.11. The van der Waals surface area contributed by atoms with Gasteiger partial charge in [-0.25, -0.2) is 0 Å². The summed E-state index contributed by atoms with van der Waals surface area (Å²) in [5.41, 5.74) is 10.8. The number of hydrogen-bond donors (Lipinski definition) is 5. The number of rotatable bonds is 2. The van der Waals surface area contributed by atoms with Gasteiger partial charge in [-0.1, -0.05) is 30.3 Å². The van der Waals surface area contributed by atoms with Crippen molar-refractivity contribution in [1.82, 2.24) is 0 Å². The topological polar surface area (TPSA) is 147 Å². The normalized spacial score (nSPS) is 11.6. The van der Waals surface area contributed by atoms with Crippen molar-refractivity contribution in [1.29, 1.82) is 0 Å². The molecular weight excluding hydrogens is 236 g/mol. The summed E-state index contributed by atoms with van der Waals surface area (Å²) in [5.74, 6) is 0. The lowest BCUT2D eigenvalue weighted by Crippen LogP contribution is -2.49. The highest BCUT2D eigenvalue weighted by molar-refractivity contribution is 7.79. The standard InChI is InChI=1S/C8H12N2O.H2O4S/c9-8(10,6-11)7-4-2-1-3-5-7;1-5(2,3)4/h1-5,11H,6,9-10H2;(H2,1,2,3,4). The molecule has 16 heavy (non-hydrogen) atoms. The molecule has 1 aromatic rings. The Labute approximate surface area is 93.3 Å². The van der Waals surface area contributed by atoms with Crippen molar-refractivity contribution in [2.75, 3.05) is 6.61 Å². The summed E-state index contributed by atoms with van der Waals surface area (Å²) in [7, 11) is -4.67. The lowest BCUT2D eigenvalue weighted by atomic mass is 10.0. The molecule has 0 heterocycles. The maximum absolute atomic E-state index is 8.80. The molecule has 0 saturated carbocycles. The molecule has 0 fully saturated rings. The summed E-state index contributed by atoms with van der Waals surface area (Å²) in [6.45, 7) is -0.253. The second-order valence-corrected chi connectivity index (χ2v) is 3.91. The summed E-state index contributed by atoms with van der Waals surface area (Å²) < 4.78 is 31.6. The van der Waals surface area contributed by atoms with E-state index in [2.05, 4.69) is 0 Å². The van der Waals surface area contributed by atoms with Crippen LogP contribution in [0, 0.1) is 0 Å². The highest BCUT2D eigenvalue weighted by Crippen LogP contribution is 2.09. The van der Waals surface area contributed by atoms with E-state index >= 15 is 0 Å². The third-order valence-corrected chi connectivity index (χ3v) is 1.57. The average molecular weight is 250 g/mol. The van der Waals surface area contributed by atoms with E-state index in [1.165, 1.54) is 0 Å². The zero-order chi connectivity index (χ0) is 12.8. The second kappa shape index (κ2) is 5.89. The molecule has 92 valence electrons. The molecule has 0 spiro atoms. The Morgan fingerprint density at radius 3 is 1.81 bits per heavy atom. The van der Waals surface area contributed by atoms with Gasteiger partial charge < -0.3 is 16.6 Å². The molecule has 0 aromatic heterocycles. The molecule has 0 atom stereocenters. The van der Waals surface area contributed by atoms with E-state index < -0.39 is 16.1 Å². The fraction of sp³-hybridized carbons (Fsp3) is 0.250. The van der Waals surface area contributed by atoms with Gasteiger partial charge in [-0.3, -0.25) is 9.11 Å².